The Morgan fingerprint density at radius 2 is 1.60 bits per heavy atom. The van der Waals surface area contributed by atoms with E-state index >= 15 is 0 Å². The molecular formula is C26H19N3S. The lowest BCUT2D eigenvalue weighted by Gasteiger charge is -2.10. The summed E-state index contributed by atoms with van der Waals surface area (Å²) in [5, 5.41) is 2.46. The van der Waals surface area contributed by atoms with Gasteiger partial charge in [-0.1, -0.05) is 54.6 Å². The first kappa shape index (κ1) is 17.4. The summed E-state index contributed by atoms with van der Waals surface area (Å²) in [5.74, 6) is 1.01. The van der Waals surface area contributed by atoms with Gasteiger partial charge >= 0.3 is 0 Å². The van der Waals surface area contributed by atoms with Crippen LogP contribution in [-0.2, 0) is 6.54 Å². The van der Waals surface area contributed by atoms with Gasteiger partial charge in [-0.2, -0.15) is 0 Å². The summed E-state index contributed by atoms with van der Waals surface area (Å²) >= 11 is 1.76. The van der Waals surface area contributed by atoms with Gasteiger partial charge in [-0.15, -0.1) is 11.3 Å². The molecule has 4 heteroatoms. The highest BCUT2D eigenvalue weighted by molar-refractivity contribution is 7.26. The van der Waals surface area contributed by atoms with Crippen molar-refractivity contribution in [2.24, 2.45) is 0 Å². The van der Waals surface area contributed by atoms with Crippen molar-refractivity contribution in [1.82, 2.24) is 14.5 Å². The Kier molecular flexibility index (Phi) is 3.93. The van der Waals surface area contributed by atoms with Gasteiger partial charge < -0.3 is 4.57 Å². The van der Waals surface area contributed by atoms with Gasteiger partial charge in [0.1, 0.15) is 10.7 Å². The molecule has 0 N–H and O–H groups in total. The maximum absolute atomic E-state index is 5.07. The normalized spacial score (nSPS) is 11.6. The van der Waals surface area contributed by atoms with Crippen LogP contribution >= 0.6 is 11.3 Å². The van der Waals surface area contributed by atoms with E-state index in [1.54, 1.807) is 11.3 Å². The summed E-state index contributed by atoms with van der Waals surface area (Å²) in [5.41, 5.74) is 5.66. The van der Waals surface area contributed by atoms with E-state index in [2.05, 4.69) is 89.5 Å². The summed E-state index contributed by atoms with van der Waals surface area (Å²) in [6.45, 7) is 2.83. The van der Waals surface area contributed by atoms with Crippen LogP contribution in [0.1, 0.15) is 11.3 Å². The monoisotopic (exact) mass is 405 g/mol. The molecule has 0 radical (unpaired) electrons. The Hall–Kier alpha value is -3.50. The number of pyridine rings is 1. The molecule has 0 unspecified atom stereocenters. The third-order valence-electron chi connectivity index (χ3n) is 5.58. The fourth-order valence-corrected chi connectivity index (χ4v) is 5.38. The molecule has 0 fully saturated rings. The van der Waals surface area contributed by atoms with Crippen LogP contribution in [0.15, 0.2) is 84.9 Å². The zero-order valence-corrected chi connectivity index (χ0v) is 17.4. The molecule has 0 amide bonds. The molecule has 3 aromatic heterocycles. The Balaban J connectivity index is 1.64. The molecular weight excluding hydrogens is 386 g/mol. The van der Waals surface area contributed by atoms with Crippen LogP contribution in [0.5, 0.6) is 0 Å². The molecule has 0 bridgehead atoms. The molecule has 0 aliphatic carbocycles. The average Bonchev–Trinajstić information content (AvgIpc) is 3.32. The maximum Gasteiger partial charge on any atom is 0.142 e. The van der Waals surface area contributed by atoms with Gasteiger partial charge in [0, 0.05) is 33.3 Å². The van der Waals surface area contributed by atoms with Crippen molar-refractivity contribution in [2.45, 2.75) is 13.5 Å². The molecule has 3 heterocycles. The number of fused-ring (bicyclic) bond motifs is 4. The second-order valence-electron chi connectivity index (χ2n) is 7.59. The van der Waals surface area contributed by atoms with Gasteiger partial charge in [-0.05, 0) is 42.8 Å². The minimum Gasteiger partial charge on any atom is -0.319 e. The number of thiophene rings is 1. The SMILES string of the molecule is Cc1ccc2c(n1)sc1c(-c3nc4ccccc4n3Cc3ccccc3)cccc12. The summed E-state index contributed by atoms with van der Waals surface area (Å²) in [6, 6.07) is 29.8. The van der Waals surface area contributed by atoms with Gasteiger partial charge in [0.25, 0.3) is 0 Å². The predicted molar refractivity (Wildman–Crippen MR) is 126 cm³/mol. The number of para-hydroxylation sites is 2. The van der Waals surface area contributed by atoms with Crippen molar-refractivity contribution in [3.05, 3.63) is 96.2 Å². The number of aromatic nitrogens is 3. The van der Waals surface area contributed by atoms with E-state index in [1.165, 1.54) is 26.6 Å². The first-order chi connectivity index (χ1) is 14.8. The lowest BCUT2D eigenvalue weighted by atomic mass is 10.1. The van der Waals surface area contributed by atoms with Crippen molar-refractivity contribution >= 4 is 42.7 Å². The zero-order valence-electron chi connectivity index (χ0n) is 16.5. The third-order valence-corrected chi connectivity index (χ3v) is 6.73. The molecule has 6 aromatic rings. The Morgan fingerprint density at radius 3 is 2.50 bits per heavy atom. The number of hydrogen-bond donors (Lipinski definition) is 0. The van der Waals surface area contributed by atoms with E-state index in [9.17, 15) is 0 Å². The molecule has 0 aliphatic rings. The molecule has 0 spiro atoms. The van der Waals surface area contributed by atoms with E-state index < -0.39 is 0 Å². The summed E-state index contributed by atoms with van der Waals surface area (Å²) in [4.78, 5) is 10.9. The van der Waals surface area contributed by atoms with Gasteiger partial charge in [0.2, 0.25) is 0 Å². The zero-order chi connectivity index (χ0) is 20.1. The molecule has 30 heavy (non-hydrogen) atoms. The highest BCUT2D eigenvalue weighted by Gasteiger charge is 2.17. The number of hydrogen-bond acceptors (Lipinski definition) is 3. The summed E-state index contributed by atoms with van der Waals surface area (Å²) in [7, 11) is 0. The maximum atomic E-state index is 5.07. The summed E-state index contributed by atoms with van der Waals surface area (Å²) in [6.07, 6.45) is 0. The van der Waals surface area contributed by atoms with Crippen molar-refractivity contribution in [3.8, 4) is 11.4 Å². The fraction of sp³-hybridized carbons (Fsp3) is 0.0769. The quantitative estimate of drug-likeness (QED) is 0.323. The number of aryl methyl sites for hydroxylation is 1. The lowest BCUT2D eigenvalue weighted by Crippen LogP contribution is -2.02. The number of imidazole rings is 1. The van der Waals surface area contributed by atoms with Crippen LogP contribution in [0.25, 0.3) is 42.7 Å². The molecule has 0 saturated heterocycles. The van der Waals surface area contributed by atoms with Crippen molar-refractivity contribution in [3.63, 3.8) is 0 Å². The minimum absolute atomic E-state index is 0.787. The predicted octanol–water partition coefficient (Wildman–Crippen LogP) is 6.82. The van der Waals surface area contributed by atoms with E-state index in [0.717, 1.165) is 33.9 Å². The molecule has 0 aliphatic heterocycles. The molecule has 0 atom stereocenters. The Labute approximate surface area is 178 Å². The van der Waals surface area contributed by atoms with E-state index in [0.29, 0.717) is 0 Å². The van der Waals surface area contributed by atoms with Gasteiger partial charge in [-0.25, -0.2) is 9.97 Å². The van der Waals surface area contributed by atoms with Crippen LogP contribution < -0.4 is 0 Å². The second kappa shape index (κ2) is 6.78. The number of benzene rings is 3. The highest BCUT2D eigenvalue weighted by Crippen LogP contribution is 2.39. The summed E-state index contributed by atoms with van der Waals surface area (Å²) < 4.78 is 3.58. The topological polar surface area (TPSA) is 30.7 Å². The average molecular weight is 406 g/mol. The van der Waals surface area contributed by atoms with Gasteiger partial charge in [-0.3, -0.25) is 0 Å². The van der Waals surface area contributed by atoms with Crippen LogP contribution in [0.3, 0.4) is 0 Å². The lowest BCUT2D eigenvalue weighted by molar-refractivity contribution is 0.835. The standard InChI is InChI=1S/C26H19N3S/c1-17-14-15-20-19-10-7-11-21(24(19)30-26(20)27-17)25-28-22-12-5-6-13-23(22)29(25)16-18-8-3-2-4-9-18/h2-15H,16H2,1H3. The fourth-order valence-electron chi connectivity index (χ4n) is 4.15. The molecule has 144 valence electrons. The Bertz CT molecular complexity index is 1530. The van der Waals surface area contributed by atoms with Crippen LogP contribution in [0.4, 0.5) is 0 Å². The first-order valence-corrected chi connectivity index (χ1v) is 10.9. The number of nitrogens with zero attached hydrogens (tertiary/aromatic N) is 3. The minimum atomic E-state index is 0.787. The van der Waals surface area contributed by atoms with Crippen molar-refractivity contribution in [1.29, 1.82) is 0 Å². The highest BCUT2D eigenvalue weighted by atomic mass is 32.1. The van der Waals surface area contributed by atoms with Crippen molar-refractivity contribution in [2.75, 3.05) is 0 Å². The molecule has 6 rings (SSSR count). The number of rotatable bonds is 3. The second-order valence-corrected chi connectivity index (χ2v) is 8.58. The van der Waals surface area contributed by atoms with Crippen LogP contribution in [0, 0.1) is 6.92 Å². The van der Waals surface area contributed by atoms with Gasteiger partial charge in [0.05, 0.1) is 11.0 Å². The first-order valence-electron chi connectivity index (χ1n) is 10.1. The largest absolute Gasteiger partial charge is 0.319 e. The molecule has 0 saturated carbocycles. The van der Waals surface area contributed by atoms with Crippen LogP contribution in [-0.4, -0.2) is 14.5 Å². The van der Waals surface area contributed by atoms with E-state index in [-0.39, 0.29) is 0 Å². The Morgan fingerprint density at radius 1 is 0.767 bits per heavy atom. The van der Waals surface area contributed by atoms with Crippen LogP contribution in [0.2, 0.25) is 0 Å². The molecule has 3 nitrogen and oxygen atoms in total. The smallest absolute Gasteiger partial charge is 0.142 e. The van der Waals surface area contributed by atoms with E-state index in [4.69, 9.17) is 9.97 Å². The van der Waals surface area contributed by atoms with Gasteiger partial charge in [0.15, 0.2) is 0 Å². The van der Waals surface area contributed by atoms with Crippen molar-refractivity contribution < 1.29 is 0 Å². The van der Waals surface area contributed by atoms with E-state index in [1.807, 2.05) is 6.92 Å². The third kappa shape index (κ3) is 2.72. The molecule has 3 aromatic carbocycles.